The molecule has 2 unspecified atom stereocenters. The fourth-order valence-electron chi connectivity index (χ4n) is 1.89. The van der Waals surface area contributed by atoms with Gasteiger partial charge in [0.25, 0.3) is 0 Å². The Morgan fingerprint density at radius 3 is 2.71 bits per heavy atom. The van der Waals surface area contributed by atoms with Crippen LogP contribution in [-0.4, -0.2) is 61.5 Å². The zero-order valence-electron chi connectivity index (χ0n) is 9.58. The van der Waals surface area contributed by atoms with Crippen molar-refractivity contribution in [3.8, 4) is 0 Å². The second kappa shape index (κ2) is 4.75. The second-order valence-corrected chi connectivity index (χ2v) is 4.26. The van der Waals surface area contributed by atoms with Gasteiger partial charge < -0.3 is 15.1 Å². The van der Waals surface area contributed by atoms with Crippen LogP contribution in [0.1, 0.15) is 13.8 Å². The number of hydrogen-bond donors (Lipinski definition) is 1. The first kappa shape index (κ1) is 11.5. The molecule has 1 N–H and O–H groups in total. The van der Waals surface area contributed by atoms with E-state index in [2.05, 4.69) is 12.2 Å². The lowest BCUT2D eigenvalue weighted by atomic mass is 10.1. The fourth-order valence-corrected chi connectivity index (χ4v) is 1.89. The highest BCUT2D eigenvalue weighted by molar-refractivity contribution is 5.83. The van der Waals surface area contributed by atoms with E-state index in [1.165, 1.54) is 0 Å². The number of hydrogen-bond acceptors (Lipinski definition) is 3. The van der Waals surface area contributed by atoms with Crippen LogP contribution in [0.5, 0.6) is 0 Å². The summed E-state index contributed by atoms with van der Waals surface area (Å²) in [6.07, 6.45) is 0. The Hall–Kier alpha value is -0.610. The smallest absolute Gasteiger partial charge is 0.241 e. The van der Waals surface area contributed by atoms with Crippen LogP contribution in [0, 0.1) is 0 Å². The van der Waals surface area contributed by atoms with Crippen molar-refractivity contribution in [2.24, 2.45) is 0 Å². The quantitative estimate of drug-likeness (QED) is 0.681. The molecule has 1 heterocycles. The number of rotatable bonds is 3. The van der Waals surface area contributed by atoms with Gasteiger partial charge in [-0.3, -0.25) is 4.79 Å². The lowest BCUT2D eigenvalue weighted by Gasteiger charge is -2.37. The number of carbonyl (C=O) groups is 1. The average molecular weight is 199 g/mol. The summed E-state index contributed by atoms with van der Waals surface area (Å²) >= 11 is 0. The highest BCUT2D eigenvalue weighted by atomic mass is 16.2. The Bertz CT molecular complexity index is 204. The summed E-state index contributed by atoms with van der Waals surface area (Å²) in [6, 6.07) is 0.367. The van der Waals surface area contributed by atoms with Crippen LogP contribution >= 0.6 is 0 Å². The van der Waals surface area contributed by atoms with Crippen LogP contribution in [0.2, 0.25) is 0 Å². The van der Waals surface area contributed by atoms with E-state index in [0.29, 0.717) is 6.04 Å². The van der Waals surface area contributed by atoms with E-state index in [1.807, 2.05) is 30.8 Å². The molecule has 1 aliphatic heterocycles. The van der Waals surface area contributed by atoms with E-state index in [-0.39, 0.29) is 11.9 Å². The maximum atomic E-state index is 11.9. The molecule has 0 aliphatic carbocycles. The van der Waals surface area contributed by atoms with E-state index in [9.17, 15) is 4.79 Å². The minimum Gasteiger partial charge on any atom is -0.340 e. The van der Waals surface area contributed by atoms with Gasteiger partial charge in [0, 0.05) is 25.7 Å². The molecule has 1 fully saturated rings. The third kappa shape index (κ3) is 2.69. The molecule has 4 nitrogen and oxygen atoms in total. The maximum Gasteiger partial charge on any atom is 0.241 e. The van der Waals surface area contributed by atoms with Gasteiger partial charge in [-0.2, -0.15) is 0 Å². The molecule has 0 aromatic carbocycles. The van der Waals surface area contributed by atoms with Gasteiger partial charge in [-0.05, 0) is 27.9 Å². The topological polar surface area (TPSA) is 35.6 Å². The van der Waals surface area contributed by atoms with Crippen LogP contribution in [0.15, 0.2) is 0 Å². The molecule has 0 saturated carbocycles. The first-order chi connectivity index (χ1) is 6.54. The highest BCUT2D eigenvalue weighted by Gasteiger charge is 2.30. The van der Waals surface area contributed by atoms with Crippen LogP contribution in [-0.2, 0) is 4.79 Å². The van der Waals surface area contributed by atoms with Crippen LogP contribution in [0.25, 0.3) is 0 Å². The molecule has 82 valence electrons. The number of piperazine rings is 1. The molecular weight excluding hydrogens is 178 g/mol. The van der Waals surface area contributed by atoms with Gasteiger partial charge in [-0.15, -0.1) is 0 Å². The molecule has 14 heavy (non-hydrogen) atoms. The Labute approximate surface area is 86.2 Å². The monoisotopic (exact) mass is 199 g/mol. The SMILES string of the molecule is CCN1CC(C)NC(CN(C)C)C1=O. The van der Waals surface area contributed by atoms with Crippen molar-refractivity contribution in [3.63, 3.8) is 0 Å². The van der Waals surface area contributed by atoms with Gasteiger partial charge in [0.15, 0.2) is 0 Å². The summed E-state index contributed by atoms with van der Waals surface area (Å²) in [4.78, 5) is 15.8. The van der Waals surface area contributed by atoms with Crippen molar-refractivity contribution in [1.82, 2.24) is 15.1 Å². The Morgan fingerprint density at radius 2 is 2.21 bits per heavy atom. The van der Waals surface area contributed by atoms with E-state index < -0.39 is 0 Å². The van der Waals surface area contributed by atoms with Crippen molar-refractivity contribution in [3.05, 3.63) is 0 Å². The van der Waals surface area contributed by atoms with Gasteiger partial charge in [0.05, 0.1) is 6.04 Å². The van der Waals surface area contributed by atoms with E-state index >= 15 is 0 Å². The Kier molecular flexibility index (Phi) is 3.89. The van der Waals surface area contributed by atoms with Gasteiger partial charge in [0.1, 0.15) is 0 Å². The van der Waals surface area contributed by atoms with Crippen LogP contribution < -0.4 is 5.32 Å². The molecule has 1 amide bonds. The van der Waals surface area contributed by atoms with Crippen LogP contribution in [0.3, 0.4) is 0 Å². The van der Waals surface area contributed by atoms with Gasteiger partial charge >= 0.3 is 0 Å². The summed E-state index contributed by atoms with van der Waals surface area (Å²) in [5, 5.41) is 3.33. The number of amides is 1. The first-order valence-electron chi connectivity index (χ1n) is 5.24. The molecule has 2 atom stereocenters. The number of likely N-dealkylation sites (N-methyl/N-ethyl adjacent to an activating group) is 2. The molecule has 1 saturated heterocycles. The van der Waals surface area contributed by atoms with Gasteiger partial charge in [-0.1, -0.05) is 0 Å². The number of nitrogens with zero attached hydrogens (tertiary/aromatic N) is 2. The molecule has 1 rings (SSSR count). The maximum absolute atomic E-state index is 11.9. The number of carbonyl (C=O) groups excluding carboxylic acids is 1. The Morgan fingerprint density at radius 1 is 1.57 bits per heavy atom. The first-order valence-corrected chi connectivity index (χ1v) is 5.24. The van der Waals surface area contributed by atoms with E-state index in [0.717, 1.165) is 19.6 Å². The van der Waals surface area contributed by atoms with Crippen molar-refractivity contribution in [2.75, 3.05) is 33.7 Å². The summed E-state index contributed by atoms with van der Waals surface area (Å²) in [5.41, 5.74) is 0. The lowest BCUT2D eigenvalue weighted by Crippen LogP contribution is -2.61. The van der Waals surface area contributed by atoms with Crippen molar-refractivity contribution in [1.29, 1.82) is 0 Å². The second-order valence-electron chi connectivity index (χ2n) is 4.26. The van der Waals surface area contributed by atoms with Crippen molar-refractivity contribution in [2.45, 2.75) is 25.9 Å². The molecule has 0 aromatic heterocycles. The minimum absolute atomic E-state index is 0.0336. The third-order valence-electron chi connectivity index (χ3n) is 2.52. The average Bonchev–Trinajstić information content (AvgIpc) is 2.09. The number of nitrogens with one attached hydrogen (secondary N) is 1. The summed E-state index contributed by atoms with van der Waals surface area (Å²) in [7, 11) is 3.98. The molecule has 0 bridgehead atoms. The minimum atomic E-state index is -0.0336. The predicted molar refractivity (Wildman–Crippen MR) is 57.2 cm³/mol. The standard InChI is InChI=1S/C10H21N3O/c1-5-13-6-8(2)11-9(10(13)14)7-12(3)4/h8-9,11H,5-7H2,1-4H3. The lowest BCUT2D eigenvalue weighted by molar-refractivity contribution is -0.136. The molecule has 0 radical (unpaired) electrons. The van der Waals surface area contributed by atoms with Gasteiger partial charge in [-0.25, -0.2) is 0 Å². The molecule has 0 aromatic rings. The van der Waals surface area contributed by atoms with E-state index in [4.69, 9.17) is 0 Å². The van der Waals surface area contributed by atoms with Crippen LogP contribution in [0.4, 0.5) is 0 Å². The fraction of sp³-hybridized carbons (Fsp3) is 0.900. The third-order valence-corrected chi connectivity index (χ3v) is 2.52. The predicted octanol–water partition coefficient (Wildman–Crippen LogP) is -0.243. The molecule has 1 aliphatic rings. The normalized spacial score (nSPS) is 28.6. The summed E-state index contributed by atoms with van der Waals surface area (Å²) in [6.45, 7) is 6.58. The molecular formula is C10H21N3O. The molecule has 4 heteroatoms. The van der Waals surface area contributed by atoms with Crippen molar-refractivity contribution >= 4 is 5.91 Å². The molecule has 0 spiro atoms. The summed E-state index contributed by atoms with van der Waals surface area (Å²) in [5.74, 6) is 0.235. The highest BCUT2D eigenvalue weighted by Crippen LogP contribution is 2.06. The zero-order chi connectivity index (χ0) is 10.7. The zero-order valence-corrected chi connectivity index (χ0v) is 9.58. The van der Waals surface area contributed by atoms with Crippen molar-refractivity contribution < 1.29 is 4.79 Å². The van der Waals surface area contributed by atoms with Gasteiger partial charge in [0.2, 0.25) is 5.91 Å². The summed E-state index contributed by atoms with van der Waals surface area (Å²) < 4.78 is 0. The largest absolute Gasteiger partial charge is 0.340 e. The Balaban J connectivity index is 2.60. The van der Waals surface area contributed by atoms with E-state index in [1.54, 1.807) is 0 Å².